The first-order chi connectivity index (χ1) is 16.7. The maximum absolute atomic E-state index is 13.3. The van der Waals surface area contributed by atoms with E-state index in [0.717, 1.165) is 48.1 Å². The lowest BCUT2D eigenvalue weighted by atomic mass is 9.95. The Kier molecular flexibility index (Phi) is 6.74. The van der Waals surface area contributed by atoms with Gasteiger partial charge in [-0.2, -0.15) is 0 Å². The van der Waals surface area contributed by atoms with Crippen molar-refractivity contribution in [3.8, 4) is 0 Å². The maximum atomic E-state index is 13.3. The fourth-order valence-electron chi connectivity index (χ4n) is 5.12. The lowest BCUT2D eigenvalue weighted by Gasteiger charge is -2.32. The van der Waals surface area contributed by atoms with E-state index in [0.29, 0.717) is 25.2 Å². The summed E-state index contributed by atoms with van der Waals surface area (Å²) in [4.78, 5) is 35.0. The number of nitrogens with zero attached hydrogens (tertiary/aromatic N) is 3. The number of hydrogen-bond donors (Lipinski definition) is 1. The summed E-state index contributed by atoms with van der Waals surface area (Å²) in [7, 11) is 0. The Labute approximate surface area is 201 Å². The first-order valence-corrected chi connectivity index (χ1v) is 12.4. The Morgan fingerprint density at radius 1 is 0.912 bits per heavy atom. The van der Waals surface area contributed by atoms with Crippen LogP contribution >= 0.6 is 0 Å². The molecule has 0 spiro atoms. The molecule has 2 saturated heterocycles. The van der Waals surface area contributed by atoms with Crippen molar-refractivity contribution >= 4 is 28.4 Å². The summed E-state index contributed by atoms with van der Waals surface area (Å²) >= 11 is 0. The van der Waals surface area contributed by atoms with Gasteiger partial charge in [-0.05, 0) is 60.6 Å². The van der Waals surface area contributed by atoms with Crippen LogP contribution < -0.4 is 10.2 Å². The maximum Gasteiger partial charge on any atom is 0.254 e. The van der Waals surface area contributed by atoms with Crippen LogP contribution in [0.15, 0.2) is 60.8 Å². The highest BCUT2D eigenvalue weighted by Crippen LogP contribution is 2.24. The zero-order chi connectivity index (χ0) is 23.3. The second kappa shape index (κ2) is 10.2. The fraction of sp³-hybridized carbons (Fsp3) is 0.393. The van der Waals surface area contributed by atoms with Crippen molar-refractivity contribution in [2.24, 2.45) is 5.92 Å². The van der Waals surface area contributed by atoms with E-state index < -0.39 is 0 Å². The minimum atomic E-state index is -0.187. The van der Waals surface area contributed by atoms with E-state index in [1.165, 1.54) is 19.3 Å². The Morgan fingerprint density at radius 2 is 1.74 bits per heavy atom. The van der Waals surface area contributed by atoms with Gasteiger partial charge in [0.2, 0.25) is 5.91 Å². The van der Waals surface area contributed by atoms with Crippen LogP contribution in [-0.2, 0) is 11.3 Å². The molecule has 0 saturated carbocycles. The number of rotatable bonds is 5. The van der Waals surface area contributed by atoms with E-state index >= 15 is 0 Å². The van der Waals surface area contributed by atoms with Crippen molar-refractivity contribution in [2.45, 2.75) is 38.6 Å². The number of anilines is 1. The van der Waals surface area contributed by atoms with Gasteiger partial charge in [0.05, 0.1) is 5.92 Å². The lowest BCUT2D eigenvalue weighted by molar-refractivity contribution is -0.126. The molecular formula is C28H32N4O2. The van der Waals surface area contributed by atoms with E-state index in [4.69, 9.17) is 0 Å². The molecule has 5 rings (SSSR count). The molecule has 2 aliphatic heterocycles. The molecule has 176 valence electrons. The number of aromatic nitrogens is 1. The van der Waals surface area contributed by atoms with Crippen LogP contribution in [0.5, 0.6) is 0 Å². The van der Waals surface area contributed by atoms with Crippen LogP contribution in [-0.4, -0.2) is 47.9 Å². The van der Waals surface area contributed by atoms with E-state index in [-0.39, 0.29) is 17.7 Å². The largest absolute Gasteiger partial charge is 0.357 e. The summed E-state index contributed by atoms with van der Waals surface area (Å²) in [5.41, 5.74) is 1.70. The molecule has 0 radical (unpaired) electrons. The highest BCUT2D eigenvalue weighted by Gasteiger charge is 2.29. The van der Waals surface area contributed by atoms with Gasteiger partial charge < -0.3 is 15.1 Å². The zero-order valence-electron chi connectivity index (χ0n) is 19.6. The topological polar surface area (TPSA) is 65.5 Å². The fourth-order valence-corrected chi connectivity index (χ4v) is 5.12. The third-order valence-corrected chi connectivity index (χ3v) is 7.06. The monoisotopic (exact) mass is 456 g/mol. The number of nitrogens with one attached hydrogen (secondary N) is 1. The average Bonchev–Trinajstić information content (AvgIpc) is 2.92. The average molecular weight is 457 g/mol. The van der Waals surface area contributed by atoms with Crippen molar-refractivity contribution < 1.29 is 9.59 Å². The van der Waals surface area contributed by atoms with Gasteiger partial charge in [-0.3, -0.25) is 9.59 Å². The van der Waals surface area contributed by atoms with Gasteiger partial charge in [-0.15, -0.1) is 0 Å². The molecule has 6 nitrogen and oxygen atoms in total. The van der Waals surface area contributed by atoms with Crippen LogP contribution in [0.1, 0.15) is 48.0 Å². The Bertz CT molecular complexity index is 1150. The standard InChI is InChI=1S/C28H32N4O2/c33-27(30-19-21-13-14-26(29-18-21)31-15-4-1-5-16-31)23-10-7-17-32(20-23)28(34)25-12-6-9-22-8-2-3-11-24(22)25/h2-3,6,8-9,11-14,18,23H,1,4-5,7,10,15-17,19-20H2,(H,30,33). The van der Waals surface area contributed by atoms with E-state index in [2.05, 4.69) is 27.3 Å². The van der Waals surface area contributed by atoms with Crippen molar-refractivity contribution in [1.29, 1.82) is 0 Å². The molecule has 2 amide bonds. The van der Waals surface area contributed by atoms with Crippen LogP contribution in [0.4, 0.5) is 5.82 Å². The number of pyridine rings is 1. The number of hydrogen-bond acceptors (Lipinski definition) is 4. The van der Waals surface area contributed by atoms with Gasteiger partial charge in [-0.1, -0.05) is 42.5 Å². The lowest BCUT2D eigenvalue weighted by Crippen LogP contribution is -2.45. The van der Waals surface area contributed by atoms with Gasteiger partial charge in [0.15, 0.2) is 0 Å². The second-order valence-corrected chi connectivity index (χ2v) is 9.41. The summed E-state index contributed by atoms with van der Waals surface area (Å²) in [6.07, 6.45) is 7.24. The first kappa shape index (κ1) is 22.4. The first-order valence-electron chi connectivity index (χ1n) is 12.4. The minimum Gasteiger partial charge on any atom is -0.357 e. The molecule has 1 atom stereocenters. The highest BCUT2D eigenvalue weighted by atomic mass is 16.2. The molecule has 2 fully saturated rings. The smallest absolute Gasteiger partial charge is 0.254 e. The zero-order valence-corrected chi connectivity index (χ0v) is 19.6. The molecule has 2 aliphatic rings. The number of piperidine rings is 2. The van der Waals surface area contributed by atoms with Gasteiger partial charge in [0.1, 0.15) is 5.82 Å². The molecule has 0 bridgehead atoms. The number of amides is 2. The minimum absolute atomic E-state index is 0.00630. The highest BCUT2D eigenvalue weighted by molar-refractivity contribution is 6.07. The number of fused-ring (bicyclic) bond motifs is 1. The van der Waals surface area contributed by atoms with Crippen molar-refractivity contribution in [3.63, 3.8) is 0 Å². The van der Waals surface area contributed by atoms with Gasteiger partial charge in [0, 0.05) is 44.5 Å². The molecule has 1 N–H and O–H groups in total. The molecule has 3 aromatic rings. The van der Waals surface area contributed by atoms with Gasteiger partial charge in [0.25, 0.3) is 5.91 Å². The molecule has 34 heavy (non-hydrogen) atoms. The summed E-state index contributed by atoms with van der Waals surface area (Å²) in [5, 5.41) is 5.08. The van der Waals surface area contributed by atoms with Crippen LogP contribution in [0.2, 0.25) is 0 Å². The SMILES string of the molecule is O=C(NCc1ccc(N2CCCCC2)nc1)C1CCCN(C(=O)c2cccc3ccccc23)C1. The Hall–Kier alpha value is -3.41. The Balaban J connectivity index is 1.18. The Morgan fingerprint density at radius 3 is 2.56 bits per heavy atom. The number of carbonyl (C=O) groups excluding carboxylic acids is 2. The predicted molar refractivity (Wildman–Crippen MR) is 135 cm³/mol. The number of benzene rings is 2. The molecule has 1 aromatic heterocycles. The number of carbonyl (C=O) groups is 2. The molecular weight excluding hydrogens is 424 g/mol. The second-order valence-electron chi connectivity index (χ2n) is 9.41. The van der Waals surface area contributed by atoms with Crippen molar-refractivity contribution in [3.05, 3.63) is 71.9 Å². The van der Waals surface area contributed by atoms with Crippen molar-refractivity contribution in [1.82, 2.24) is 15.2 Å². The van der Waals surface area contributed by atoms with Gasteiger partial charge >= 0.3 is 0 Å². The molecule has 0 aliphatic carbocycles. The van der Waals surface area contributed by atoms with Gasteiger partial charge in [-0.25, -0.2) is 4.98 Å². The normalized spacial score (nSPS) is 18.6. The third-order valence-electron chi connectivity index (χ3n) is 7.06. The summed E-state index contributed by atoms with van der Waals surface area (Å²) in [6, 6.07) is 17.9. The van der Waals surface area contributed by atoms with Crippen molar-refractivity contribution in [2.75, 3.05) is 31.1 Å². The van der Waals surface area contributed by atoms with Crippen LogP contribution in [0, 0.1) is 5.92 Å². The summed E-state index contributed by atoms with van der Waals surface area (Å²) in [5.74, 6) is 0.847. The van der Waals surface area contributed by atoms with E-state index in [1.807, 2.05) is 53.6 Å². The van der Waals surface area contributed by atoms with E-state index in [9.17, 15) is 9.59 Å². The molecule has 2 aromatic carbocycles. The predicted octanol–water partition coefficient (Wildman–Crippen LogP) is 4.39. The number of likely N-dealkylation sites (tertiary alicyclic amines) is 1. The summed E-state index contributed by atoms with van der Waals surface area (Å²) < 4.78 is 0. The quantitative estimate of drug-likeness (QED) is 0.618. The van der Waals surface area contributed by atoms with Crippen LogP contribution in [0.25, 0.3) is 10.8 Å². The van der Waals surface area contributed by atoms with Crippen LogP contribution in [0.3, 0.4) is 0 Å². The molecule has 6 heteroatoms. The molecule has 3 heterocycles. The van der Waals surface area contributed by atoms with E-state index in [1.54, 1.807) is 0 Å². The third kappa shape index (κ3) is 4.91. The molecule has 1 unspecified atom stereocenters. The summed E-state index contributed by atoms with van der Waals surface area (Å²) in [6.45, 7) is 3.74.